The van der Waals surface area contributed by atoms with Gasteiger partial charge >= 0.3 is 0 Å². The summed E-state index contributed by atoms with van der Waals surface area (Å²) in [6.07, 6.45) is 8.26. The Morgan fingerprint density at radius 3 is 1.68 bits per heavy atom. The van der Waals surface area contributed by atoms with Gasteiger partial charge in [0.05, 0.1) is 0 Å². The molecule has 0 saturated heterocycles. The van der Waals surface area contributed by atoms with E-state index in [-0.39, 0.29) is 11.5 Å². The molecule has 0 saturated carbocycles. The van der Waals surface area contributed by atoms with Crippen LogP contribution in [0.1, 0.15) is 61.6 Å². The molecule has 0 radical (unpaired) electrons. The molecule has 0 fully saturated rings. The van der Waals surface area contributed by atoms with Crippen molar-refractivity contribution in [1.29, 1.82) is 0 Å². The van der Waals surface area contributed by atoms with E-state index in [1.165, 1.54) is 43.2 Å². The van der Waals surface area contributed by atoms with Crippen molar-refractivity contribution in [3.8, 4) is 11.5 Å². The second-order valence-corrected chi connectivity index (χ2v) is 8.72. The fourth-order valence-electron chi connectivity index (χ4n) is 4.31. The molecule has 0 atom stereocenters. The summed E-state index contributed by atoms with van der Waals surface area (Å²) in [7, 11) is 0. The highest BCUT2D eigenvalue weighted by Crippen LogP contribution is 2.36. The molecule has 0 aliphatic carbocycles. The maximum absolute atomic E-state index is 9.85. The monoisotopic (exact) mass is 458 g/mol. The first-order valence-corrected chi connectivity index (χ1v) is 12.5. The van der Waals surface area contributed by atoms with E-state index in [4.69, 9.17) is 5.73 Å². The second kappa shape index (κ2) is 14.2. The number of unbranched alkanes of at least 4 members (excludes halogenated alkanes) is 5. The van der Waals surface area contributed by atoms with Crippen LogP contribution in [0.5, 0.6) is 11.5 Å². The van der Waals surface area contributed by atoms with Crippen LogP contribution in [0.2, 0.25) is 0 Å². The van der Waals surface area contributed by atoms with Crippen molar-refractivity contribution in [3.05, 3.63) is 95.6 Å². The molecule has 0 aliphatic rings. The molecule has 5 N–H and O–H groups in total. The Balaban J connectivity index is 1.78. The van der Waals surface area contributed by atoms with Gasteiger partial charge in [-0.3, -0.25) is 0 Å². The summed E-state index contributed by atoms with van der Waals surface area (Å²) in [6, 6.07) is 25.4. The number of hydrogen-bond acceptors (Lipinski definition) is 4. The summed E-state index contributed by atoms with van der Waals surface area (Å²) in [5.41, 5.74) is 11.3. The van der Waals surface area contributed by atoms with Crippen molar-refractivity contribution < 1.29 is 10.2 Å². The lowest BCUT2D eigenvalue weighted by Gasteiger charge is -2.18. The molecule has 3 aromatic rings. The molecule has 0 spiro atoms. The number of phenols is 2. The highest BCUT2D eigenvalue weighted by atomic mass is 16.3. The molecular weight excluding hydrogens is 420 g/mol. The van der Waals surface area contributed by atoms with Crippen LogP contribution in [0.25, 0.3) is 11.1 Å². The van der Waals surface area contributed by atoms with Crippen molar-refractivity contribution in [2.24, 2.45) is 5.73 Å². The van der Waals surface area contributed by atoms with E-state index < -0.39 is 0 Å². The average Bonchev–Trinajstić information content (AvgIpc) is 2.87. The highest BCUT2D eigenvalue weighted by molar-refractivity contribution is 5.98. The van der Waals surface area contributed by atoms with Crippen LogP contribution in [-0.2, 0) is 0 Å². The number of aromatic hydroxyl groups is 2. The third-order valence-electron chi connectivity index (χ3n) is 6.09. The fraction of sp³-hybridized carbons (Fsp3) is 0.333. The minimum atomic E-state index is 0.258. The van der Waals surface area contributed by atoms with Crippen molar-refractivity contribution >= 4 is 11.1 Å². The van der Waals surface area contributed by atoms with Gasteiger partial charge in [-0.05, 0) is 77.9 Å². The summed E-state index contributed by atoms with van der Waals surface area (Å²) in [5, 5.41) is 23.1. The van der Waals surface area contributed by atoms with Gasteiger partial charge in [-0.15, -0.1) is 0 Å². The lowest BCUT2D eigenvalue weighted by molar-refractivity contribution is 0.475. The minimum absolute atomic E-state index is 0.258. The predicted molar refractivity (Wildman–Crippen MR) is 143 cm³/mol. The lowest BCUT2D eigenvalue weighted by atomic mass is 9.86. The maximum atomic E-state index is 9.85. The fourth-order valence-corrected chi connectivity index (χ4v) is 4.31. The number of rotatable bonds is 14. The standard InChI is InChI=1S/C30H38N2O2/c31-21-23-32-22-9-4-2-1-3-8-12-29(24-10-6-5-7-11-24)30(25-13-17-27(33)18-14-25)26-15-19-28(34)20-16-26/h5-7,10-11,13-20,32-34H,1-4,8-9,12,21-23,31H2. The SMILES string of the molecule is NCCNCCCCCCCCC(=C(c1ccc(O)cc1)c1ccc(O)cc1)c1ccccc1. The molecule has 4 heteroatoms. The third kappa shape index (κ3) is 8.05. The third-order valence-corrected chi connectivity index (χ3v) is 6.09. The number of allylic oxidation sites excluding steroid dienone is 1. The van der Waals surface area contributed by atoms with E-state index in [2.05, 4.69) is 29.6 Å². The van der Waals surface area contributed by atoms with Gasteiger partial charge < -0.3 is 21.3 Å². The number of nitrogens with one attached hydrogen (secondary N) is 1. The van der Waals surface area contributed by atoms with Crippen LogP contribution in [0.15, 0.2) is 78.9 Å². The molecule has 3 rings (SSSR count). The van der Waals surface area contributed by atoms with Gasteiger partial charge in [0.25, 0.3) is 0 Å². The van der Waals surface area contributed by atoms with Gasteiger partial charge in [-0.25, -0.2) is 0 Å². The smallest absolute Gasteiger partial charge is 0.115 e. The normalized spacial score (nSPS) is 10.9. The molecule has 0 unspecified atom stereocenters. The molecule has 4 nitrogen and oxygen atoms in total. The second-order valence-electron chi connectivity index (χ2n) is 8.72. The molecule has 34 heavy (non-hydrogen) atoms. The molecule has 180 valence electrons. The Bertz CT molecular complexity index is 949. The van der Waals surface area contributed by atoms with E-state index in [0.717, 1.165) is 42.6 Å². The zero-order valence-electron chi connectivity index (χ0n) is 20.0. The van der Waals surface area contributed by atoms with Gasteiger partial charge in [-0.2, -0.15) is 0 Å². The number of phenolic OH excluding ortho intramolecular Hbond substituents is 2. The first-order valence-electron chi connectivity index (χ1n) is 12.5. The van der Waals surface area contributed by atoms with E-state index in [0.29, 0.717) is 6.54 Å². The number of hydrogen-bond donors (Lipinski definition) is 4. The lowest BCUT2D eigenvalue weighted by Crippen LogP contribution is -2.23. The Morgan fingerprint density at radius 2 is 1.12 bits per heavy atom. The first-order chi connectivity index (χ1) is 16.7. The zero-order chi connectivity index (χ0) is 24.0. The Kier molecular flexibility index (Phi) is 10.7. The molecule has 3 aromatic carbocycles. The van der Waals surface area contributed by atoms with Crippen molar-refractivity contribution in [3.63, 3.8) is 0 Å². The molecule has 0 aliphatic heterocycles. The molecule has 0 heterocycles. The topological polar surface area (TPSA) is 78.5 Å². The first kappa shape index (κ1) is 25.5. The maximum Gasteiger partial charge on any atom is 0.115 e. The van der Waals surface area contributed by atoms with Gasteiger partial charge in [0.1, 0.15) is 11.5 Å². The zero-order valence-corrected chi connectivity index (χ0v) is 20.0. The highest BCUT2D eigenvalue weighted by Gasteiger charge is 2.14. The summed E-state index contributed by atoms with van der Waals surface area (Å²) < 4.78 is 0. The molecule has 0 bridgehead atoms. The van der Waals surface area contributed by atoms with Gasteiger partial charge in [0.15, 0.2) is 0 Å². The minimum Gasteiger partial charge on any atom is -0.508 e. The average molecular weight is 459 g/mol. The van der Waals surface area contributed by atoms with E-state index >= 15 is 0 Å². The summed E-state index contributed by atoms with van der Waals surface area (Å²) in [5.74, 6) is 0.515. The van der Waals surface area contributed by atoms with Crippen molar-refractivity contribution in [1.82, 2.24) is 5.32 Å². The van der Waals surface area contributed by atoms with Crippen molar-refractivity contribution in [2.75, 3.05) is 19.6 Å². The molecule has 0 amide bonds. The van der Waals surface area contributed by atoms with E-state index in [1.807, 2.05) is 30.3 Å². The van der Waals surface area contributed by atoms with Crippen LogP contribution < -0.4 is 11.1 Å². The molecular formula is C30H38N2O2. The van der Waals surface area contributed by atoms with Crippen LogP contribution in [0.3, 0.4) is 0 Å². The van der Waals surface area contributed by atoms with Crippen LogP contribution in [0, 0.1) is 0 Å². The summed E-state index contributed by atoms with van der Waals surface area (Å²) in [6.45, 7) is 2.66. The largest absolute Gasteiger partial charge is 0.508 e. The summed E-state index contributed by atoms with van der Waals surface area (Å²) >= 11 is 0. The van der Waals surface area contributed by atoms with Crippen molar-refractivity contribution in [2.45, 2.75) is 44.9 Å². The van der Waals surface area contributed by atoms with Crippen LogP contribution >= 0.6 is 0 Å². The van der Waals surface area contributed by atoms with E-state index in [1.54, 1.807) is 24.3 Å². The van der Waals surface area contributed by atoms with E-state index in [9.17, 15) is 10.2 Å². The van der Waals surface area contributed by atoms with Crippen LogP contribution in [-0.4, -0.2) is 29.8 Å². The predicted octanol–water partition coefficient (Wildman–Crippen LogP) is 6.34. The quantitative estimate of drug-likeness (QED) is 0.168. The number of benzene rings is 3. The Morgan fingerprint density at radius 1 is 0.588 bits per heavy atom. The Labute approximate surface area is 204 Å². The number of nitrogens with two attached hydrogens (primary N) is 1. The van der Waals surface area contributed by atoms with Gasteiger partial charge in [0, 0.05) is 13.1 Å². The molecule has 0 aromatic heterocycles. The van der Waals surface area contributed by atoms with Crippen LogP contribution in [0.4, 0.5) is 0 Å². The van der Waals surface area contributed by atoms with Gasteiger partial charge in [-0.1, -0.05) is 80.3 Å². The summed E-state index contributed by atoms with van der Waals surface area (Å²) in [4.78, 5) is 0. The Hall–Kier alpha value is -3.08. The van der Waals surface area contributed by atoms with Gasteiger partial charge in [0.2, 0.25) is 0 Å².